The minimum absolute atomic E-state index is 0.0323. The van der Waals surface area contributed by atoms with Crippen molar-refractivity contribution in [1.82, 2.24) is 15.5 Å². The summed E-state index contributed by atoms with van der Waals surface area (Å²) in [6, 6.07) is 11.7. The molecule has 2 saturated heterocycles. The maximum Gasteiger partial charge on any atom is 0.319 e. The fourth-order valence-electron chi connectivity index (χ4n) is 5.13. The van der Waals surface area contributed by atoms with Crippen molar-refractivity contribution in [3.8, 4) is 17.2 Å². The molecule has 0 unspecified atom stereocenters. The lowest BCUT2D eigenvalue weighted by atomic mass is 9.89. The highest BCUT2D eigenvalue weighted by molar-refractivity contribution is 6.30. The van der Waals surface area contributed by atoms with E-state index < -0.39 is 0 Å². The molecule has 2 heterocycles. The van der Waals surface area contributed by atoms with Gasteiger partial charge in [-0.15, -0.1) is 0 Å². The second-order valence-electron chi connectivity index (χ2n) is 9.15. The van der Waals surface area contributed by atoms with Gasteiger partial charge in [0.25, 0.3) is 0 Å². The molecule has 2 amide bonds. The quantitative estimate of drug-likeness (QED) is 0.509. The molecule has 4 rings (SSSR count). The summed E-state index contributed by atoms with van der Waals surface area (Å²) in [6.07, 6.45) is 3.40. The number of carbonyl (C=O) groups is 1. The van der Waals surface area contributed by atoms with Crippen LogP contribution in [-0.2, 0) is 6.42 Å². The lowest BCUT2D eigenvalue weighted by Crippen LogP contribution is -2.54. The molecule has 2 aromatic rings. The van der Waals surface area contributed by atoms with E-state index in [1.807, 2.05) is 12.1 Å². The van der Waals surface area contributed by atoms with Gasteiger partial charge in [-0.3, -0.25) is 4.90 Å². The third kappa shape index (κ3) is 6.31. The number of piperidine rings is 1. The molecule has 2 aromatic carbocycles. The first-order chi connectivity index (χ1) is 17.0. The molecule has 3 N–H and O–H groups in total. The van der Waals surface area contributed by atoms with Crippen LogP contribution in [0.25, 0.3) is 0 Å². The van der Waals surface area contributed by atoms with Crippen LogP contribution in [0.2, 0.25) is 5.02 Å². The minimum Gasteiger partial charge on any atom is -0.493 e. The zero-order valence-corrected chi connectivity index (χ0v) is 21.4. The van der Waals surface area contributed by atoms with Gasteiger partial charge in [0.15, 0.2) is 11.5 Å². The Morgan fingerprint density at radius 2 is 1.69 bits per heavy atom. The van der Waals surface area contributed by atoms with Gasteiger partial charge in [-0.05, 0) is 56.0 Å². The van der Waals surface area contributed by atoms with E-state index in [2.05, 4.69) is 33.0 Å². The Labute approximate surface area is 212 Å². The largest absolute Gasteiger partial charge is 0.493 e. The van der Waals surface area contributed by atoms with E-state index in [-0.39, 0.29) is 18.1 Å². The van der Waals surface area contributed by atoms with Crippen molar-refractivity contribution in [2.45, 2.75) is 31.3 Å². The molecule has 35 heavy (non-hydrogen) atoms. The zero-order valence-electron chi connectivity index (χ0n) is 20.6. The van der Waals surface area contributed by atoms with Crippen molar-refractivity contribution in [3.63, 3.8) is 0 Å². The van der Waals surface area contributed by atoms with Crippen molar-refractivity contribution in [1.29, 1.82) is 0 Å². The fraction of sp³-hybridized carbons (Fsp3) is 0.500. The van der Waals surface area contributed by atoms with Crippen molar-refractivity contribution < 1.29 is 19.0 Å². The Morgan fingerprint density at radius 1 is 1.03 bits per heavy atom. The highest BCUT2D eigenvalue weighted by atomic mass is 35.5. The van der Waals surface area contributed by atoms with Gasteiger partial charge < -0.3 is 30.2 Å². The van der Waals surface area contributed by atoms with Crippen LogP contribution >= 0.6 is 11.6 Å². The van der Waals surface area contributed by atoms with Crippen molar-refractivity contribution in [2.75, 3.05) is 52.8 Å². The SMILES string of the molecule is COc1cc(NC(=O)N[C@@H]2CNC[C@H]2N2CCC(Cc3ccc(Cl)cc3)CC2)cc(OC)c1OC. The molecule has 0 saturated carbocycles. The molecule has 0 radical (unpaired) electrons. The van der Waals surface area contributed by atoms with Gasteiger partial charge in [0.1, 0.15) is 0 Å². The van der Waals surface area contributed by atoms with Gasteiger partial charge in [0, 0.05) is 36.3 Å². The van der Waals surface area contributed by atoms with E-state index in [4.69, 9.17) is 25.8 Å². The minimum atomic E-state index is -0.254. The molecule has 190 valence electrons. The Balaban J connectivity index is 1.31. The van der Waals surface area contributed by atoms with Crippen LogP contribution in [0.4, 0.5) is 10.5 Å². The third-order valence-electron chi connectivity index (χ3n) is 6.98. The number of ether oxygens (including phenoxy) is 3. The summed E-state index contributed by atoms with van der Waals surface area (Å²) in [7, 11) is 4.65. The predicted octanol–water partition coefficient (Wildman–Crippen LogP) is 3.78. The molecule has 2 aliphatic heterocycles. The molecule has 8 nitrogen and oxygen atoms in total. The second-order valence-corrected chi connectivity index (χ2v) is 9.59. The summed E-state index contributed by atoms with van der Waals surface area (Å²) >= 11 is 6.02. The molecule has 2 aliphatic rings. The number of amides is 2. The van der Waals surface area contributed by atoms with Gasteiger partial charge in [0.05, 0.1) is 33.1 Å². The summed E-state index contributed by atoms with van der Waals surface area (Å²) in [4.78, 5) is 15.4. The molecule has 0 aromatic heterocycles. The monoisotopic (exact) mass is 502 g/mol. The maximum atomic E-state index is 12.8. The fourth-order valence-corrected chi connectivity index (χ4v) is 5.25. The first kappa shape index (κ1) is 25.4. The number of anilines is 1. The van der Waals surface area contributed by atoms with Gasteiger partial charge >= 0.3 is 6.03 Å². The molecule has 2 fully saturated rings. The smallest absolute Gasteiger partial charge is 0.319 e. The molecular weight excluding hydrogens is 468 g/mol. The van der Waals surface area contributed by atoms with E-state index in [0.29, 0.717) is 28.9 Å². The van der Waals surface area contributed by atoms with Crippen LogP contribution < -0.4 is 30.2 Å². The number of halogens is 1. The number of likely N-dealkylation sites (tertiary alicyclic amines) is 1. The number of carbonyl (C=O) groups excluding carboxylic acids is 1. The first-order valence-corrected chi connectivity index (χ1v) is 12.4. The number of nitrogens with one attached hydrogen (secondary N) is 3. The molecular formula is C26H35ClN4O4. The third-order valence-corrected chi connectivity index (χ3v) is 7.23. The van der Waals surface area contributed by atoms with E-state index in [0.717, 1.165) is 50.5 Å². The lowest BCUT2D eigenvalue weighted by Gasteiger charge is -2.38. The number of rotatable bonds is 8. The van der Waals surface area contributed by atoms with Crippen LogP contribution in [0.3, 0.4) is 0 Å². The van der Waals surface area contributed by atoms with Gasteiger partial charge in [-0.25, -0.2) is 4.79 Å². The van der Waals surface area contributed by atoms with Gasteiger partial charge in [-0.1, -0.05) is 23.7 Å². The molecule has 2 atom stereocenters. The van der Waals surface area contributed by atoms with E-state index in [1.165, 1.54) is 5.56 Å². The Morgan fingerprint density at radius 3 is 2.29 bits per heavy atom. The van der Waals surface area contributed by atoms with Crippen LogP contribution in [0.1, 0.15) is 18.4 Å². The summed E-state index contributed by atoms with van der Waals surface area (Å²) in [5, 5.41) is 10.3. The van der Waals surface area contributed by atoms with Gasteiger partial charge in [-0.2, -0.15) is 0 Å². The van der Waals surface area contributed by atoms with E-state index in [1.54, 1.807) is 33.5 Å². The first-order valence-electron chi connectivity index (χ1n) is 12.1. The number of hydrogen-bond donors (Lipinski definition) is 3. The Bertz CT molecular complexity index is 970. The molecule has 0 spiro atoms. The van der Waals surface area contributed by atoms with E-state index >= 15 is 0 Å². The normalized spacial score (nSPS) is 20.9. The standard InChI is InChI=1S/C26H35ClN4O4/c1-33-23-13-20(14-24(34-2)25(23)35-3)29-26(32)30-21-15-28-16-22(21)31-10-8-18(9-11-31)12-17-4-6-19(27)7-5-17/h4-7,13-14,18,21-22,28H,8-12,15-16H2,1-3H3,(H2,29,30,32)/t21-,22-/m1/s1. The molecule has 0 aliphatic carbocycles. The second kappa shape index (κ2) is 11.8. The number of hydrogen-bond acceptors (Lipinski definition) is 6. The summed E-state index contributed by atoms with van der Waals surface area (Å²) in [5.41, 5.74) is 1.92. The maximum absolute atomic E-state index is 12.8. The van der Waals surface area contributed by atoms with Crippen molar-refractivity contribution >= 4 is 23.3 Å². The van der Waals surface area contributed by atoms with Gasteiger partial charge in [0.2, 0.25) is 5.75 Å². The van der Waals surface area contributed by atoms with E-state index in [9.17, 15) is 4.79 Å². The number of methoxy groups -OCH3 is 3. The van der Waals surface area contributed by atoms with Crippen LogP contribution in [0, 0.1) is 5.92 Å². The number of benzene rings is 2. The summed E-state index contributed by atoms with van der Waals surface area (Å²) in [6.45, 7) is 3.70. The highest BCUT2D eigenvalue weighted by Crippen LogP contribution is 2.40. The van der Waals surface area contributed by atoms with Crippen LogP contribution in [0.5, 0.6) is 17.2 Å². The Hall–Kier alpha value is -2.68. The highest BCUT2D eigenvalue weighted by Gasteiger charge is 2.35. The lowest BCUT2D eigenvalue weighted by molar-refractivity contribution is 0.127. The summed E-state index contributed by atoms with van der Waals surface area (Å²) < 4.78 is 16.1. The number of urea groups is 1. The summed E-state index contributed by atoms with van der Waals surface area (Å²) in [5.74, 6) is 2.14. The number of nitrogens with zero attached hydrogens (tertiary/aromatic N) is 1. The predicted molar refractivity (Wildman–Crippen MR) is 138 cm³/mol. The molecule has 0 bridgehead atoms. The van der Waals surface area contributed by atoms with Crippen LogP contribution in [-0.4, -0.2) is 70.5 Å². The van der Waals surface area contributed by atoms with Crippen molar-refractivity contribution in [2.24, 2.45) is 5.92 Å². The Kier molecular flexibility index (Phi) is 8.59. The topological polar surface area (TPSA) is 84.1 Å². The zero-order chi connectivity index (χ0) is 24.8. The average molecular weight is 503 g/mol. The molecule has 9 heteroatoms. The van der Waals surface area contributed by atoms with Crippen molar-refractivity contribution in [3.05, 3.63) is 47.0 Å². The van der Waals surface area contributed by atoms with Crippen LogP contribution in [0.15, 0.2) is 36.4 Å². The average Bonchev–Trinajstić information content (AvgIpc) is 3.33.